The predicted octanol–water partition coefficient (Wildman–Crippen LogP) is 3.04. The van der Waals surface area contributed by atoms with Crippen molar-refractivity contribution in [2.75, 3.05) is 26.4 Å². The summed E-state index contributed by atoms with van der Waals surface area (Å²) in [6.07, 6.45) is 4.74. The molecule has 0 aliphatic carbocycles. The number of carbonyl (C=O) groups is 2. The second-order valence-corrected chi connectivity index (χ2v) is 6.05. The van der Waals surface area contributed by atoms with Crippen LogP contribution in [0.3, 0.4) is 0 Å². The number of aliphatic hydroxyl groups excluding tert-OH is 1. The highest BCUT2D eigenvalue weighted by molar-refractivity contribution is 5.92. The van der Waals surface area contributed by atoms with Crippen molar-refractivity contribution in [3.63, 3.8) is 0 Å². The summed E-state index contributed by atoms with van der Waals surface area (Å²) in [5.41, 5.74) is 0.807. The number of aliphatic hydroxyl groups is 1. The SMILES string of the molecule is CCCOc1ccccc1/C=C/C(=O)N(CCC(=O)OCC)C(CC)CO. The van der Waals surface area contributed by atoms with Gasteiger partial charge in [0, 0.05) is 18.2 Å². The number of esters is 1. The number of nitrogens with zero attached hydrogens (tertiary/aromatic N) is 1. The Labute approximate surface area is 161 Å². The maximum atomic E-state index is 12.7. The molecule has 0 saturated carbocycles. The van der Waals surface area contributed by atoms with Crippen LogP contribution in [-0.4, -0.2) is 54.3 Å². The van der Waals surface area contributed by atoms with E-state index in [1.54, 1.807) is 13.0 Å². The van der Waals surface area contributed by atoms with Crippen molar-refractivity contribution >= 4 is 18.0 Å². The van der Waals surface area contributed by atoms with Gasteiger partial charge in [0.25, 0.3) is 0 Å². The van der Waals surface area contributed by atoms with E-state index in [2.05, 4.69) is 0 Å². The lowest BCUT2D eigenvalue weighted by Gasteiger charge is -2.28. The Bertz CT molecular complexity index is 610. The first-order valence-corrected chi connectivity index (χ1v) is 9.54. The highest BCUT2D eigenvalue weighted by Crippen LogP contribution is 2.20. The molecule has 6 nitrogen and oxygen atoms in total. The Balaban J connectivity index is 2.89. The van der Waals surface area contributed by atoms with Gasteiger partial charge in [0.15, 0.2) is 0 Å². The fourth-order valence-electron chi connectivity index (χ4n) is 2.58. The molecule has 0 aliphatic heterocycles. The van der Waals surface area contributed by atoms with Gasteiger partial charge in [-0.2, -0.15) is 0 Å². The molecule has 0 fully saturated rings. The summed E-state index contributed by atoms with van der Waals surface area (Å²) in [5.74, 6) is 0.103. The van der Waals surface area contributed by atoms with E-state index in [-0.39, 0.29) is 37.5 Å². The van der Waals surface area contributed by atoms with Gasteiger partial charge < -0.3 is 19.5 Å². The van der Waals surface area contributed by atoms with Gasteiger partial charge >= 0.3 is 5.97 Å². The number of amides is 1. The van der Waals surface area contributed by atoms with Crippen LogP contribution in [0.1, 0.15) is 45.6 Å². The topological polar surface area (TPSA) is 76.1 Å². The monoisotopic (exact) mass is 377 g/mol. The molecule has 0 bridgehead atoms. The molecule has 0 aliphatic rings. The second kappa shape index (κ2) is 12.9. The third-order valence-corrected chi connectivity index (χ3v) is 4.05. The fraction of sp³-hybridized carbons (Fsp3) is 0.524. The van der Waals surface area contributed by atoms with Gasteiger partial charge in [-0.05, 0) is 31.9 Å². The molecule has 0 aromatic heterocycles. The molecular weight excluding hydrogens is 346 g/mol. The first kappa shape index (κ1) is 22.7. The van der Waals surface area contributed by atoms with Crippen molar-refractivity contribution in [3.05, 3.63) is 35.9 Å². The van der Waals surface area contributed by atoms with Crippen LogP contribution in [0, 0.1) is 0 Å². The Kier molecular flexibility index (Phi) is 10.9. The lowest BCUT2D eigenvalue weighted by atomic mass is 10.1. The summed E-state index contributed by atoms with van der Waals surface area (Å²) in [5, 5.41) is 9.59. The Morgan fingerprint density at radius 1 is 1.22 bits per heavy atom. The zero-order valence-electron chi connectivity index (χ0n) is 16.5. The summed E-state index contributed by atoms with van der Waals surface area (Å²) in [7, 11) is 0. The smallest absolute Gasteiger partial charge is 0.307 e. The second-order valence-electron chi connectivity index (χ2n) is 6.05. The van der Waals surface area contributed by atoms with E-state index in [4.69, 9.17) is 9.47 Å². The summed E-state index contributed by atoms with van der Waals surface area (Å²) in [4.78, 5) is 25.9. The molecule has 1 aromatic carbocycles. The molecule has 27 heavy (non-hydrogen) atoms. The molecule has 150 valence electrons. The maximum absolute atomic E-state index is 12.7. The van der Waals surface area contributed by atoms with E-state index in [0.717, 1.165) is 17.7 Å². The number of para-hydroxylation sites is 1. The van der Waals surface area contributed by atoms with Gasteiger partial charge in [0.1, 0.15) is 5.75 Å². The molecule has 1 amide bonds. The zero-order chi connectivity index (χ0) is 20.1. The average Bonchev–Trinajstić information content (AvgIpc) is 2.68. The molecule has 6 heteroatoms. The molecule has 1 unspecified atom stereocenters. The minimum absolute atomic E-state index is 0.0973. The Morgan fingerprint density at radius 3 is 2.59 bits per heavy atom. The predicted molar refractivity (Wildman–Crippen MR) is 105 cm³/mol. The third-order valence-electron chi connectivity index (χ3n) is 4.05. The molecule has 1 N–H and O–H groups in total. The number of carbonyl (C=O) groups excluding carboxylic acids is 2. The largest absolute Gasteiger partial charge is 0.493 e. The van der Waals surface area contributed by atoms with E-state index in [9.17, 15) is 14.7 Å². The van der Waals surface area contributed by atoms with Gasteiger partial charge in [0.05, 0.1) is 32.3 Å². The lowest BCUT2D eigenvalue weighted by molar-refractivity contribution is -0.144. The van der Waals surface area contributed by atoms with Crippen LogP contribution in [0.4, 0.5) is 0 Å². The van der Waals surface area contributed by atoms with Crippen LogP contribution in [0.15, 0.2) is 30.3 Å². The normalized spacial score (nSPS) is 12.0. The highest BCUT2D eigenvalue weighted by atomic mass is 16.5. The summed E-state index contributed by atoms with van der Waals surface area (Å²) in [6.45, 7) is 6.62. The molecule has 1 atom stereocenters. The van der Waals surface area contributed by atoms with Crippen LogP contribution in [-0.2, 0) is 14.3 Å². The summed E-state index contributed by atoms with van der Waals surface area (Å²) >= 11 is 0. The highest BCUT2D eigenvalue weighted by Gasteiger charge is 2.21. The fourth-order valence-corrected chi connectivity index (χ4v) is 2.58. The molecule has 1 rings (SSSR count). The van der Waals surface area contributed by atoms with Crippen LogP contribution in [0.5, 0.6) is 5.75 Å². The van der Waals surface area contributed by atoms with Gasteiger partial charge in [0.2, 0.25) is 5.91 Å². The van der Waals surface area contributed by atoms with Gasteiger partial charge in [-0.1, -0.05) is 32.0 Å². The molecule has 0 radical (unpaired) electrons. The lowest BCUT2D eigenvalue weighted by Crippen LogP contribution is -2.42. The van der Waals surface area contributed by atoms with E-state index < -0.39 is 0 Å². The first-order chi connectivity index (χ1) is 13.1. The van der Waals surface area contributed by atoms with Gasteiger partial charge in [-0.15, -0.1) is 0 Å². The van der Waals surface area contributed by atoms with Crippen molar-refractivity contribution in [1.82, 2.24) is 4.90 Å². The number of hydrogen-bond donors (Lipinski definition) is 1. The molecule has 1 aromatic rings. The van der Waals surface area contributed by atoms with Crippen LogP contribution in [0.25, 0.3) is 6.08 Å². The Hall–Kier alpha value is -2.34. The van der Waals surface area contributed by atoms with E-state index in [1.165, 1.54) is 11.0 Å². The quantitative estimate of drug-likeness (QED) is 0.448. The van der Waals surface area contributed by atoms with Gasteiger partial charge in [-0.25, -0.2) is 0 Å². The van der Waals surface area contributed by atoms with Crippen molar-refractivity contribution in [1.29, 1.82) is 0 Å². The molecule has 0 saturated heterocycles. The van der Waals surface area contributed by atoms with Crippen LogP contribution >= 0.6 is 0 Å². The minimum atomic E-state index is -0.356. The third kappa shape index (κ3) is 7.83. The minimum Gasteiger partial charge on any atom is -0.493 e. The van der Waals surface area contributed by atoms with Crippen LogP contribution in [0.2, 0.25) is 0 Å². The molecule has 0 spiro atoms. The van der Waals surface area contributed by atoms with Crippen molar-refractivity contribution in [3.8, 4) is 5.75 Å². The zero-order valence-corrected chi connectivity index (χ0v) is 16.5. The van der Waals surface area contributed by atoms with Gasteiger partial charge in [-0.3, -0.25) is 9.59 Å². The van der Waals surface area contributed by atoms with Crippen molar-refractivity contribution in [2.45, 2.75) is 46.1 Å². The first-order valence-electron chi connectivity index (χ1n) is 9.54. The number of benzene rings is 1. The molecular formula is C21H31NO5. The van der Waals surface area contributed by atoms with Crippen molar-refractivity contribution < 1.29 is 24.2 Å². The average molecular weight is 377 g/mol. The van der Waals surface area contributed by atoms with Crippen molar-refractivity contribution in [2.24, 2.45) is 0 Å². The molecule has 0 heterocycles. The van der Waals surface area contributed by atoms with E-state index in [1.807, 2.05) is 38.1 Å². The maximum Gasteiger partial charge on any atom is 0.307 e. The summed E-state index contributed by atoms with van der Waals surface area (Å²) < 4.78 is 10.6. The van der Waals surface area contributed by atoms with Crippen LogP contribution < -0.4 is 4.74 Å². The van der Waals surface area contributed by atoms with E-state index >= 15 is 0 Å². The number of ether oxygens (including phenoxy) is 2. The summed E-state index contributed by atoms with van der Waals surface area (Å²) in [6, 6.07) is 7.16. The number of rotatable bonds is 12. The Morgan fingerprint density at radius 2 is 1.96 bits per heavy atom. The number of hydrogen-bond acceptors (Lipinski definition) is 5. The standard InChI is InChI=1S/C21H31NO5/c1-4-15-27-19-10-8-7-9-17(19)11-12-20(24)22(18(5-2)16-23)14-13-21(25)26-6-3/h7-12,18,23H,4-6,13-16H2,1-3H3/b12-11+. The van der Waals surface area contributed by atoms with E-state index in [0.29, 0.717) is 19.6 Å².